The Balaban J connectivity index is 1.68. The second-order valence-electron chi connectivity index (χ2n) is 8.19. The van der Waals surface area contributed by atoms with Crippen molar-refractivity contribution in [3.63, 3.8) is 0 Å². The Morgan fingerprint density at radius 2 is 1.93 bits per heavy atom. The van der Waals surface area contributed by atoms with Gasteiger partial charge in [0.1, 0.15) is 0 Å². The molecule has 1 fully saturated rings. The van der Waals surface area contributed by atoms with Gasteiger partial charge in [-0.15, -0.1) is 0 Å². The first kappa shape index (κ1) is 20.0. The highest BCUT2D eigenvalue weighted by Crippen LogP contribution is 2.38. The molecule has 0 aromatic heterocycles. The first-order valence-corrected chi connectivity index (χ1v) is 11.8. The molecule has 6 heteroatoms. The number of sulfonamides is 1. The maximum Gasteiger partial charge on any atom is 0.264 e. The number of carbonyl (C=O) groups excluding carboxylic acids is 1. The lowest BCUT2D eigenvalue weighted by molar-refractivity contribution is -0.125. The molecule has 5 nitrogen and oxygen atoms in total. The average molecular weight is 413 g/mol. The van der Waals surface area contributed by atoms with Crippen LogP contribution >= 0.6 is 0 Å². The van der Waals surface area contributed by atoms with Crippen molar-refractivity contribution in [3.05, 3.63) is 53.6 Å². The maximum absolute atomic E-state index is 13.4. The van der Waals surface area contributed by atoms with E-state index in [0.29, 0.717) is 18.7 Å². The summed E-state index contributed by atoms with van der Waals surface area (Å²) in [5, 5.41) is 0. The Kier molecular flexibility index (Phi) is 5.15. The van der Waals surface area contributed by atoms with E-state index in [1.54, 1.807) is 12.1 Å². The Hall–Kier alpha value is -2.34. The molecule has 1 aliphatic heterocycles. The van der Waals surface area contributed by atoms with Crippen molar-refractivity contribution >= 4 is 27.3 Å². The predicted octanol–water partition coefficient (Wildman–Crippen LogP) is 4.29. The summed E-state index contributed by atoms with van der Waals surface area (Å²) in [4.78, 5) is 15.0. The number of hydrogen-bond donors (Lipinski definition) is 0. The third-order valence-corrected chi connectivity index (χ3v) is 8.02. The zero-order valence-electron chi connectivity index (χ0n) is 17.3. The van der Waals surface area contributed by atoms with Gasteiger partial charge in [0.2, 0.25) is 5.91 Å². The largest absolute Gasteiger partial charge is 0.309 e. The van der Waals surface area contributed by atoms with Crippen molar-refractivity contribution in [3.8, 4) is 0 Å². The summed E-state index contributed by atoms with van der Waals surface area (Å²) in [5.41, 5.74) is 3.49. The van der Waals surface area contributed by atoms with Gasteiger partial charge in [-0.3, -0.25) is 9.10 Å². The van der Waals surface area contributed by atoms with E-state index in [1.807, 2.05) is 56.0 Å². The second-order valence-corrected chi connectivity index (χ2v) is 10.1. The smallest absolute Gasteiger partial charge is 0.264 e. The van der Waals surface area contributed by atoms with Crippen LogP contribution in [0, 0.1) is 12.8 Å². The Morgan fingerprint density at radius 1 is 1.17 bits per heavy atom. The number of anilines is 2. The van der Waals surface area contributed by atoms with Crippen LogP contribution in [0.15, 0.2) is 47.4 Å². The fourth-order valence-electron chi connectivity index (χ4n) is 4.36. The van der Waals surface area contributed by atoms with Crippen LogP contribution in [-0.4, -0.2) is 26.9 Å². The van der Waals surface area contributed by atoms with Gasteiger partial charge in [-0.25, -0.2) is 8.42 Å². The van der Waals surface area contributed by atoms with E-state index in [2.05, 4.69) is 0 Å². The average Bonchev–Trinajstić information content (AvgIpc) is 2.95. The van der Waals surface area contributed by atoms with E-state index in [9.17, 15) is 13.2 Å². The maximum atomic E-state index is 13.4. The number of benzene rings is 2. The van der Waals surface area contributed by atoms with Gasteiger partial charge < -0.3 is 4.90 Å². The van der Waals surface area contributed by atoms with E-state index < -0.39 is 10.0 Å². The van der Waals surface area contributed by atoms with Gasteiger partial charge in [-0.2, -0.15) is 0 Å². The molecule has 4 rings (SSSR count). The number of fused-ring (bicyclic) bond motifs is 1. The van der Waals surface area contributed by atoms with Crippen molar-refractivity contribution in [1.29, 1.82) is 0 Å². The lowest BCUT2D eigenvalue weighted by Gasteiger charge is -2.32. The monoisotopic (exact) mass is 412 g/mol. The highest BCUT2D eigenvalue weighted by Gasteiger charge is 2.37. The van der Waals surface area contributed by atoms with Gasteiger partial charge in [0.25, 0.3) is 10.0 Å². The third kappa shape index (κ3) is 3.44. The molecule has 2 aromatic rings. The number of aryl methyl sites for hydroxylation is 1. The number of carbonyl (C=O) groups is 1. The molecule has 2 aliphatic rings. The van der Waals surface area contributed by atoms with Crippen molar-refractivity contribution in [1.82, 2.24) is 0 Å². The van der Waals surface area contributed by atoms with Crippen LogP contribution < -0.4 is 9.21 Å². The van der Waals surface area contributed by atoms with Crippen LogP contribution in [0.1, 0.15) is 44.2 Å². The molecule has 1 heterocycles. The zero-order chi connectivity index (χ0) is 20.8. The molecule has 154 valence electrons. The first-order valence-electron chi connectivity index (χ1n) is 10.4. The molecule has 0 radical (unpaired) electrons. The summed E-state index contributed by atoms with van der Waals surface area (Å²) >= 11 is 0. The summed E-state index contributed by atoms with van der Waals surface area (Å²) in [6.07, 6.45) is 3.74. The molecule has 1 unspecified atom stereocenters. The second kappa shape index (κ2) is 7.48. The minimum Gasteiger partial charge on any atom is -0.309 e. The van der Waals surface area contributed by atoms with Gasteiger partial charge in [-0.05, 0) is 81.5 Å². The van der Waals surface area contributed by atoms with Gasteiger partial charge in [0, 0.05) is 24.2 Å². The van der Waals surface area contributed by atoms with Crippen molar-refractivity contribution in [2.45, 2.75) is 57.4 Å². The summed E-state index contributed by atoms with van der Waals surface area (Å²) in [6, 6.07) is 12.8. The Morgan fingerprint density at radius 3 is 2.55 bits per heavy atom. The fraction of sp³-hybridized carbons (Fsp3) is 0.435. The molecule has 1 atom stereocenters. The quantitative estimate of drug-likeness (QED) is 0.736. The van der Waals surface area contributed by atoms with Crippen LogP contribution in [0.5, 0.6) is 0 Å². The van der Waals surface area contributed by atoms with Crippen LogP contribution in [-0.2, 0) is 21.2 Å². The molecule has 2 aromatic carbocycles. The van der Waals surface area contributed by atoms with Crippen LogP contribution in [0.4, 0.5) is 11.4 Å². The SMILES string of the molecule is CCN(c1cccc(C)c1)S(=O)(=O)c1ccc2c(c1)CC(C)N2C(=O)C1CCC1. The van der Waals surface area contributed by atoms with Crippen molar-refractivity contribution in [2.24, 2.45) is 5.92 Å². The Bertz CT molecular complexity index is 1040. The number of rotatable bonds is 5. The lowest BCUT2D eigenvalue weighted by atomic mass is 9.84. The number of amides is 1. The molecule has 29 heavy (non-hydrogen) atoms. The standard InChI is InChI=1S/C23H28N2O3S/c1-4-24(20-10-5-7-16(2)13-20)29(27,28)21-11-12-22-19(15-21)14-17(3)25(22)23(26)18-8-6-9-18/h5,7,10-13,15,17-18H,4,6,8-9,14H2,1-3H3. The minimum absolute atomic E-state index is 0.0649. The van der Waals surface area contributed by atoms with E-state index >= 15 is 0 Å². The predicted molar refractivity (Wildman–Crippen MR) is 116 cm³/mol. The molecule has 0 bridgehead atoms. The van der Waals surface area contributed by atoms with E-state index in [4.69, 9.17) is 0 Å². The third-order valence-electron chi connectivity index (χ3n) is 6.12. The minimum atomic E-state index is -3.68. The molecule has 0 N–H and O–H groups in total. The summed E-state index contributed by atoms with van der Waals surface area (Å²) < 4.78 is 28.2. The molecule has 1 saturated carbocycles. The van der Waals surface area contributed by atoms with E-state index in [1.165, 1.54) is 4.31 Å². The summed E-state index contributed by atoms with van der Waals surface area (Å²) in [5.74, 6) is 0.316. The lowest BCUT2D eigenvalue weighted by Crippen LogP contribution is -2.42. The van der Waals surface area contributed by atoms with Gasteiger partial charge in [0.05, 0.1) is 10.6 Å². The number of hydrogen-bond acceptors (Lipinski definition) is 3. The molecule has 0 saturated heterocycles. The summed E-state index contributed by atoms with van der Waals surface area (Å²) in [6.45, 7) is 6.18. The zero-order valence-corrected chi connectivity index (χ0v) is 18.1. The van der Waals surface area contributed by atoms with Crippen LogP contribution in [0.3, 0.4) is 0 Å². The highest BCUT2D eigenvalue weighted by molar-refractivity contribution is 7.92. The van der Waals surface area contributed by atoms with E-state index in [-0.39, 0.29) is 22.8 Å². The Labute approximate surface area is 173 Å². The van der Waals surface area contributed by atoms with Crippen LogP contribution in [0.25, 0.3) is 0 Å². The topological polar surface area (TPSA) is 57.7 Å². The van der Waals surface area contributed by atoms with Crippen LogP contribution in [0.2, 0.25) is 0 Å². The number of nitrogens with zero attached hydrogens (tertiary/aromatic N) is 2. The molecule has 0 spiro atoms. The van der Waals surface area contributed by atoms with Gasteiger partial charge in [0.15, 0.2) is 0 Å². The van der Waals surface area contributed by atoms with Gasteiger partial charge in [-0.1, -0.05) is 18.6 Å². The molecule has 1 aliphatic carbocycles. The molecular formula is C23H28N2O3S. The van der Waals surface area contributed by atoms with E-state index in [0.717, 1.165) is 36.1 Å². The molecular weight excluding hydrogens is 384 g/mol. The summed E-state index contributed by atoms with van der Waals surface area (Å²) in [7, 11) is -3.68. The normalized spacial score (nSPS) is 19.0. The highest BCUT2D eigenvalue weighted by atomic mass is 32.2. The first-order chi connectivity index (χ1) is 13.8. The fourth-order valence-corrected chi connectivity index (χ4v) is 5.87. The van der Waals surface area contributed by atoms with Gasteiger partial charge >= 0.3 is 0 Å². The van der Waals surface area contributed by atoms with Crippen molar-refractivity contribution < 1.29 is 13.2 Å². The van der Waals surface area contributed by atoms with Crippen molar-refractivity contribution in [2.75, 3.05) is 15.7 Å². The molecule has 1 amide bonds.